The molecule has 0 bridgehead atoms. The van der Waals surface area contributed by atoms with Crippen LogP contribution in [-0.2, 0) is 14.8 Å². The number of anilines is 1. The number of nitrogens with one attached hydrogen (secondary N) is 3. The Morgan fingerprint density at radius 3 is 2.77 bits per heavy atom. The van der Waals surface area contributed by atoms with Gasteiger partial charge in [0.25, 0.3) is 5.56 Å². The number of amides is 1. The van der Waals surface area contributed by atoms with Crippen LogP contribution < -0.4 is 16.6 Å². The fourth-order valence-electron chi connectivity index (χ4n) is 3.70. The first kappa shape index (κ1) is 21.4. The molecule has 1 fully saturated rings. The Morgan fingerprint density at radius 2 is 2.03 bits per heavy atom. The molecule has 0 unspecified atom stereocenters. The number of fused-ring (bicyclic) bond motifs is 1. The average Bonchev–Trinajstić information content (AvgIpc) is 3.08. The average molecular weight is 464 g/mol. The van der Waals surface area contributed by atoms with E-state index in [4.69, 9.17) is 0 Å². The van der Waals surface area contributed by atoms with E-state index in [0.29, 0.717) is 18.0 Å². The third-order valence-corrected chi connectivity index (χ3v) is 8.15. The van der Waals surface area contributed by atoms with Crippen LogP contribution in [0.3, 0.4) is 0 Å². The summed E-state index contributed by atoms with van der Waals surface area (Å²) in [4.78, 5) is 44.5. The van der Waals surface area contributed by atoms with Crippen LogP contribution in [0.25, 0.3) is 10.2 Å². The highest BCUT2D eigenvalue weighted by Gasteiger charge is 2.36. The number of piperidine rings is 1. The van der Waals surface area contributed by atoms with Gasteiger partial charge in [-0.3, -0.25) is 14.6 Å². The van der Waals surface area contributed by atoms with E-state index in [0.717, 1.165) is 20.1 Å². The number of carbonyl (C=O) groups is 1. The van der Waals surface area contributed by atoms with Crippen molar-refractivity contribution in [1.29, 1.82) is 0 Å². The second kappa shape index (κ2) is 8.02. The highest BCUT2D eigenvalue weighted by molar-refractivity contribution is 7.89. The Kier molecular flexibility index (Phi) is 5.54. The molecule has 2 aromatic heterocycles. The first-order chi connectivity index (χ1) is 14.6. The van der Waals surface area contributed by atoms with Crippen LogP contribution in [0.2, 0.25) is 0 Å². The molecule has 0 saturated carbocycles. The largest absolute Gasteiger partial charge is 0.325 e. The number of aromatic nitrogens is 3. The van der Waals surface area contributed by atoms with Crippen LogP contribution in [-0.4, -0.2) is 46.7 Å². The lowest BCUT2D eigenvalue weighted by Gasteiger charge is -2.31. The number of rotatable bonds is 4. The number of hydrogen-bond acceptors (Lipinski definition) is 7. The second-order valence-corrected chi connectivity index (χ2v) is 10.4. The third kappa shape index (κ3) is 4.18. The van der Waals surface area contributed by atoms with Crippen molar-refractivity contribution in [1.82, 2.24) is 19.3 Å². The Morgan fingerprint density at radius 1 is 1.26 bits per heavy atom. The second-order valence-electron chi connectivity index (χ2n) is 7.54. The molecule has 3 N–H and O–H groups in total. The maximum atomic E-state index is 13.1. The minimum Gasteiger partial charge on any atom is -0.310 e. The van der Waals surface area contributed by atoms with Gasteiger partial charge >= 0.3 is 5.69 Å². The molecule has 12 heteroatoms. The van der Waals surface area contributed by atoms with Crippen molar-refractivity contribution in [3.05, 3.63) is 50.3 Å². The van der Waals surface area contributed by atoms with Gasteiger partial charge in [0.1, 0.15) is 0 Å². The van der Waals surface area contributed by atoms with Gasteiger partial charge in [-0.25, -0.2) is 18.2 Å². The number of H-pyrrole nitrogens is 2. The smallest absolute Gasteiger partial charge is 0.310 e. The van der Waals surface area contributed by atoms with Crippen molar-refractivity contribution in [2.75, 3.05) is 18.4 Å². The number of aromatic amines is 2. The summed E-state index contributed by atoms with van der Waals surface area (Å²) in [6.45, 7) is 3.46. The van der Waals surface area contributed by atoms with Gasteiger partial charge in [-0.2, -0.15) is 4.31 Å². The summed E-state index contributed by atoms with van der Waals surface area (Å²) in [5.41, 5.74) is 0.0901. The molecule has 1 aliphatic heterocycles. The van der Waals surface area contributed by atoms with Crippen LogP contribution in [0.15, 0.2) is 32.7 Å². The van der Waals surface area contributed by atoms with Gasteiger partial charge < -0.3 is 10.3 Å². The molecule has 4 rings (SSSR count). The van der Waals surface area contributed by atoms with E-state index in [9.17, 15) is 22.8 Å². The quantitative estimate of drug-likeness (QED) is 0.532. The molecule has 10 nitrogen and oxygen atoms in total. The maximum absolute atomic E-state index is 13.1. The molecule has 0 aliphatic carbocycles. The van der Waals surface area contributed by atoms with Crippen LogP contribution in [0.5, 0.6) is 0 Å². The van der Waals surface area contributed by atoms with Crippen LogP contribution >= 0.6 is 11.3 Å². The van der Waals surface area contributed by atoms with Crippen LogP contribution in [0.1, 0.15) is 24.1 Å². The molecule has 0 spiro atoms. The molecule has 0 radical (unpaired) electrons. The van der Waals surface area contributed by atoms with E-state index >= 15 is 0 Å². The van der Waals surface area contributed by atoms with Gasteiger partial charge in [0.2, 0.25) is 15.9 Å². The van der Waals surface area contributed by atoms with E-state index in [-0.39, 0.29) is 24.7 Å². The Balaban J connectivity index is 1.54. The highest BCUT2D eigenvalue weighted by atomic mass is 32.2. The van der Waals surface area contributed by atoms with E-state index < -0.39 is 32.1 Å². The Hall–Kier alpha value is -2.83. The van der Waals surface area contributed by atoms with Gasteiger partial charge in [-0.05, 0) is 44.4 Å². The summed E-state index contributed by atoms with van der Waals surface area (Å²) < 4.78 is 28.2. The topological polar surface area (TPSA) is 145 Å². The first-order valence-corrected chi connectivity index (χ1v) is 11.9. The lowest BCUT2D eigenvalue weighted by molar-refractivity contribution is -0.120. The summed E-state index contributed by atoms with van der Waals surface area (Å²) in [7, 11) is -4.18. The fourth-order valence-corrected chi connectivity index (χ4v) is 6.39. The monoisotopic (exact) mass is 463 g/mol. The molecule has 1 amide bonds. The number of benzene rings is 1. The number of nitrogens with zero attached hydrogens (tertiary/aromatic N) is 2. The molecular formula is C19H21N5O5S2. The summed E-state index contributed by atoms with van der Waals surface area (Å²) in [5, 5.41) is 3.25. The predicted octanol–water partition coefficient (Wildman–Crippen LogP) is 1.33. The zero-order valence-electron chi connectivity index (χ0n) is 16.9. The lowest BCUT2D eigenvalue weighted by atomic mass is 9.99. The van der Waals surface area contributed by atoms with E-state index in [1.165, 1.54) is 18.3 Å². The summed E-state index contributed by atoms with van der Waals surface area (Å²) in [6, 6.07) is 5.81. The molecule has 3 aromatic rings. The van der Waals surface area contributed by atoms with Crippen molar-refractivity contribution in [3.8, 4) is 0 Å². The zero-order valence-corrected chi connectivity index (χ0v) is 18.5. The SMILES string of the molecule is Cc1ccc2nc(NC(=O)[C@H]3CCCN(S(=O)(=O)c4c(C)[nH]c(=O)[nH]c4=O)C3)sc2c1. The number of hydrogen-bond donors (Lipinski definition) is 3. The normalized spacial score (nSPS) is 17.7. The van der Waals surface area contributed by atoms with Crippen molar-refractivity contribution in [2.24, 2.45) is 5.92 Å². The van der Waals surface area contributed by atoms with Gasteiger partial charge in [0.15, 0.2) is 10.0 Å². The predicted molar refractivity (Wildman–Crippen MR) is 117 cm³/mol. The molecular weight excluding hydrogens is 442 g/mol. The molecule has 31 heavy (non-hydrogen) atoms. The molecule has 1 atom stereocenters. The molecule has 1 aromatic carbocycles. The van der Waals surface area contributed by atoms with Crippen molar-refractivity contribution in [3.63, 3.8) is 0 Å². The minimum atomic E-state index is -4.18. The van der Waals surface area contributed by atoms with Crippen molar-refractivity contribution < 1.29 is 13.2 Å². The van der Waals surface area contributed by atoms with Gasteiger partial charge in [-0.15, -0.1) is 0 Å². The number of thiazole rings is 1. The van der Waals surface area contributed by atoms with Gasteiger partial charge in [0, 0.05) is 18.8 Å². The number of sulfonamides is 1. The zero-order chi connectivity index (χ0) is 22.3. The maximum Gasteiger partial charge on any atom is 0.325 e. The van der Waals surface area contributed by atoms with Crippen molar-refractivity contribution in [2.45, 2.75) is 31.6 Å². The number of carbonyl (C=O) groups excluding carboxylic acids is 1. The fraction of sp³-hybridized carbons (Fsp3) is 0.368. The molecule has 1 saturated heterocycles. The lowest BCUT2D eigenvalue weighted by Crippen LogP contribution is -2.45. The molecule has 1 aliphatic rings. The number of aryl methyl sites for hydroxylation is 2. The Labute approximate surface area is 181 Å². The Bertz CT molecular complexity index is 1390. The first-order valence-electron chi connectivity index (χ1n) is 9.66. The van der Waals surface area contributed by atoms with E-state index in [1.807, 2.05) is 30.1 Å². The van der Waals surface area contributed by atoms with Crippen LogP contribution in [0.4, 0.5) is 5.13 Å². The van der Waals surface area contributed by atoms with Crippen LogP contribution in [0, 0.1) is 19.8 Å². The van der Waals surface area contributed by atoms with Crippen molar-refractivity contribution >= 4 is 42.6 Å². The summed E-state index contributed by atoms with van der Waals surface area (Å²) in [5.74, 6) is -0.901. The van der Waals surface area contributed by atoms with Gasteiger partial charge in [-0.1, -0.05) is 17.4 Å². The third-order valence-electron chi connectivity index (χ3n) is 5.20. The van der Waals surface area contributed by atoms with Gasteiger partial charge in [0.05, 0.1) is 16.1 Å². The molecule has 164 valence electrons. The van der Waals surface area contributed by atoms with E-state index in [2.05, 4.69) is 15.3 Å². The molecule has 3 heterocycles. The highest BCUT2D eigenvalue weighted by Crippen LogP contribution is 2.28. The minimum absolute atomic E-state index is 0.0369. The summed E-state index contributed by atoms with van der Waals surface area (Å²) in [6.07, 6.45) is 0.986. The van der Waals surface area contributed by atoms with E-state index in [1.54, 1.807) is 0 Å². The standard InChI is InChI=1S/C19H21N5O5S2/c1-10-5-6-13-14(8-10)30-19(21-13)23-16(25)12-4-3-7-24(9-12)31(28,29)15-11(2)20-18(27)22-17(15)26/h5-6,8,12H,3-4,7,9H2,1-2H3,(H,21,23,25)(H2,20,22,26,27)/t12-/m0/s1. The summed E-state index contributed by atoms with van der Waals surface area (Å²) >= 11 is 1.36.